The maximum absolute atomic E-state index is 11.1. The molecule has 0 bridgehead atoms. The van der Waals surface area contributed by atoms with E-state index in [0.717, 1.165) is 9.80 Å². The Hall–Kier alpha value is -2.93. The number of hydrogen-bond acceptors (Lipinski definition) is 10. The van der Waals surface area contributed by atoms with Gasteiger partial charge in [0.1, 0.15) is 6.09 Å². The first-order valence-corrected chi connectivity index (χ1v) is 7.25. The van der Waals surface area contributed by atoms with E-state index in [1.807, 2.05) is 0 Å². The molecule has 0 aromatic carbocycles. The molecule has 1 amide bonds. The van der Waals surface area contributed by atoms with Crippen molar-refractivity contribution >= 4 is 30.0 Å². The molecule has 0 rings (SSSR count). The summed E-state index contributed by atoms with van der Waals surface area (Å²) < 4.78 is 0. The highest BCUT2D eigenvalue weighted by Gasteiger charge is 2.16. The van der Waals surface area contributed by atoms with E-state index in [4.69, 9.17) is 10.2 Å². The molecule has 0 aliphatic rings. The Balaban J connectivity index is 4.76. The molecule has 0 aliphatic heterocycles. The van der Waals surface area contributed by atoms with Crippen LogP contribution in [0.4, 0.5) is 4.79 Å². The van der Waals surface area contributed by atoms with Gasteiger partial charge in [-0.15, -0.1) is 0 Å². The number of rotatable bonds is 14. The Morgan fingerprint density at radius 3 is 1.23 bits per heavy atom. The SMILES string of the molecule is O=C([O-])CN(CCN(CCN(CC(=O)O)CC(=O)O)C(=O)[O-])CC(=O)[O-]. The summed E-state index contributed by atoms with van der Waals surface area (Å²) >= 11 is 0. The Labute approximate surface area is 147 Å². The summed E-state index contributed by atoms with van der Waals surface area (Å²) in [7, 11) is 0. The largest absolute Gasteiger partial charge is 0.549 e. The number of carboxylic acids is 4. The molecule has 2 N–H and O–H groups in total. The predicted molar refractivity (Wildman–Crippen MR) is 75.1 cm³/mol. The molecule has 0 radical (unpaired) electrons. The smallest absolute Gasteiger partial charge is 0.317 e. The second-order valence-corrected chi connectivity index (χ2v) is 5.21. The van der Waals surface area contributed by atoms with Crippen molar-refractivity contribution in [2.24, 2.45) is 0 Å². The fourth-order valence-corrected chi connectivity index (χ4v) is 1.99. The molecule has 0 fully saturated rings. The third-order valence-corrected chi connectivity index (χ3v) is 3.05. The van der Waals surface area contributed by atoms with Gasteiger partial charge in [-0.25, -0.2) is 0 Å². The molecule has 0 saturated heterocycles. The minimum atomic E-state index is -1.67. The van der Waals surface area contributed by atoms with Crippen molar-refractivity contribution in [2.45, 2.75) is 0 Å². The summed E-state index contributed by atoms with van der Waals surface area (Å²) in [5.41, 5.74) is 0. The highest BCUT2D eigenvalue weighted by molar-refractivity contribution is 5.72. The maximum atomic E-state index is 11.1. The van der Waals surface area contributed by atoms with Gasteiger partial charge in [0.2, 0.25) is 0 Å². The van der Waals surface area contributed by atoms with Crippen molar-refractivity contribution in [1.29, 1.82) is 0 Å². The summed E-state index contributed by atoms with van der Waals surface area (Å²) in [5.74, 6) is -5.75. The van der Waals surface area contributed by atoms with E-state index in [1.54, 1.807) is 0 Å². The number of carbonyl (C=O) groups is 5. The molecular formula is C13H18N3O10-3. The van der Waals surface area contributed by atoms with E-state index in [0.29, 0.717) is 4.90 Å². The summed E-state index contributed by atoms with van der Waals surface area (Å²) in [6.07, 6.45) is -1.67. The van der Waals surface area contributed by atoms with Crippen LogP contribution in [0.2, 0.25) is 0 Å². The summed E-state index contributed by atoms with van der Waals surface area (Å²) in [5, 5.41) is 49.6. The second-order valence-electron chi connectivity index (χ2n) is 5.21. The van der Waals surface area contributed by atoms with Crippen LogP contribution in [0.3, 0.4) is 0 Å². The van der Waals surface area contributed by atoms with Crippen LogP contribution in [0, 0.1) is 0 Å². The molecule has 0 aliphatic carbocycles. The minimum absolute atomic E-state index is 0.243. The summed E-state index contributed by atoms with van der Waals surface area (Å²) in [6.45, 7) is -4.01. The minimum Gasteiger partial charge on any atom is -0.549 e. The van der Waals surface area contributed by atoms with Crippen LogP contribution in [-0.4, -0.2) is 107 Å². The highest BCUT2D eigenvalue weighted by atomic mass is 16.4. The van der Waals surface area contributed by atoms with Gasteiger partial charge in [-0.05, 0) is 0 Å². The molecule has 26 heavy (non-hydrogen) atoms. The lowest BCUT2D eigenvalue weighted by molar-refractivity contribution is -0.310. The topological polar surface area (TPSA) is 205 Å². The van der Waals surface area contributed by atoms with Gasteiger partial charge in [0.15, 0.2) is 0 Å². The third kappa shape index (κ3) is 11.6. The van der Waals surface area contributed by atoms with Crippen LogP contribution < -0.4 is 15.3 Å². The van der Waals surface area contributed by atoms with Gasteiger partial charge in [-0.3, -0.25) is 19.4 Å². The molecule has 0 atom stereocenters. The zero-order valence-electron chi connectivity index (χ0n) is 13.7. The number of nitrogens with zero attached hydrogens (tertiary/aromatic N) is 3. The quantitative estimate of drug-likeness (QED) is 0.290. The lowest BCUT2D eigenvalue weighted by Gasteiger charge is -2.31. The van der Waals surface area contributed by atoms with Crippen LogP contribution >= 0.6 is 0 Å². The zero-order chi connectivity index (χ0) is 20.3. The van der Waals surface area contributed by atoms with Gasteiger partial charge in [0.25, 0.3) is 0 Å². The van der Waals surface area contributed by atoms with E-state index < -0.39 is 56.1 Å². The van der Waals surface area contributed by atoms with Crippen LogP contribution in [0.5, 0.6) is 0 Å². The molecule has 0 saturated carbocycles. The number of hydrogen-bond donors (Lipinski definition) is 2. The molecule has 0 aromatic heterocycles. The first-order valence-electron chi connectivity index (χ1n) is 7.25. The Kier molecular flexibility index (Phi) is 10.3. The lowest BCUT2D eigenvalue weighted by Crippen LogP contribution is -2.51. The van der Waals surface area contributed by atoms with Crippen molar-refractivity contribution in [3.63, 3.8) is 0 Å². The maximum Gasteiger partial charge on any atom is 0.317 e. The lowest BCUT2D eigenvalue weighted by atomic mass is 10.3. The first-order chi connectivity index (χ1) is 12.0. The normalized spacial score (nSPS) is 10.7. The fourth-order valence-electron chi connectivity index (χ4n) is 1.99. The molecule has 0 aromatic rings. The van der Waals surface area contributed by atoms with Gasteiger partial charge < -0.3 is 44.8 Å². The number of carboxylic acid groups (broad SMARTS) is 5. The average Bonchev–Trinajstić information content (AvgIpc) is 2.43. The first kappa shape index (κ1) is 23.1. The standard InChI is InChI=1S/C13H21N3O10/c17-9(18)5-14(6-10(19)20)1-3-16(13(25)26)4-2-15(7-11(21)22)8-12(23)24/h1-8H2,(H,17,18)(H,19,20)(H,21,22)(H,23,24)(H,25,26)/p-3. The van der Waals surface area contributed by atoms with Crippen molar-refractivity contribution in [2.75, 3.05) is 52.4 Å². The molecule has 0 heterocycles. The van der Waals surface area contributed by atoms with Crippen molar-refractivity contribution in [3.05, 3.63) is 0 Å². The van der Waals surface area contributed by atoms with Gasteiger partial charge in [0, 0.05) is 39.3 Å². The molecule has 0 unspecified atom stereocenters. The molecule has 13 heteroatoms. The fraction of sp³-hybridized carbons (Fsp3) is 0.615. The predicted octanol–water partition coefficient (Wildman–Crippen LogP) is -6.10. The van der Waals surface area contributed by atoms with Gasteiger partial charge in [0.05, 0.1) is 25.0 Å². The molecule has 13 nitrogen and oxygen atoms in total. The molecular weight excluding hydrogens is 358 g/mol. The Morgan fingerprint density at radius 1 is 0.615 bits per heavy atom. The second kappa shape index (κ2) is 11.6. The van der Waals surface area contributed by atoms with Crippen molar-refractivity contribution in [3.8, 4) is 0 Å². The van der Waals surface area contributed by atoms with E-state index in [1.165, 1.54) is 0 Å². The number of carbonyl (C=O) groups excluding carboxylic acids is 3. The van der Waals surface area contributed by atoms with Gasteiger partial charge in [-0.2, -0.15) is 0 Å². The summed E-state index contributed by atoms with van der Waals surface area (Å²) in [4.78, 5) is 56.1. The summed E-state index contributed by atoms with van der Waals surface area (Å²) in [6, 6.07) is 0. The van der Waals surface area contributed by atoms with Crippen LogP contribution in [0.15, 0.2) is 0 Å². The van der Waals surface area contributed by atoms with Gasteiger partial charge in [-0.1, -0.05) is 0 Å². The van der Waals surface area contributed by atoms with E-state index in [-0.39, 0.29) is 26.2 Å². The Morgan fingerprint density at radius 2 is 0.962 bits per heavy atom. The third-order valence-electron chi connectivity index (χ3n) is 3.05. The number of amides is 1. The van der Waals surface area contributed by atoms with Crippen LogP contribution in [0.1, 0.15) is 0 Å². The molecule has 148 valence electrons. The van der Waals surface area contributed by atoms with Crippen molar-refractivity contribution < 1.29 is 49.5 Å². The zero-order valence-corrected chi connectivity index (χ0v) is 13.7. The van der Waals surface area contributed by atoms with Gasteiger partial charge >= 0.3 is 11.9 Å². The van der Waals surface area contributed by atoms with E-state index in [9.17, 15) is 39.3 Å². The average molecular weight is 376 g/mol. The van der Waals surface area contributed by atoms with E-state index >= 15 is 0 Å². The molecule has 0 spiro atoms. The Bertz CT molecular complexity index is 466. The van der Waals surface area contributed by atoms with E-state index in [2.05, 4.69) is 0 Å². The van der Waals surface area contributed by atoms with Crippen LogP contribution in [0.25, 0.3) is 0 Å². The monoisotopic (exact) mass is 376 g/mol. The number of aliphatic carboxylic acids is 4. The van der Waals surface area contributed by atoms with Crippen LogP contribution in [-0.2, 0) is 19.2 Å². The highest BCUT2D eigenvalue weighted by Crippen LogP contribution is 1.96. The van der Waals surface area contributed by atoms with Crippen molar-refractivity contribution in [1.82, 2.24) is 14.7 Å².